The predicted octanol–water partition coefficient (Wildman–Crippen LogP) is 2.75. The summed E-state index contributed by atoms with van der Waals surface area (Å²) in [6, 6.07) is 11.0. The molecule has 132 valence electrons. The highest BCUT2D eigenvalue weighted by atomic mass is 19.1. The Bertz CT molecular complexity index is 775. The Kier molecular flexibility index (Phi) is 6.25. The lowest BCUT2D eigenvalue weighted by atomic mass is 10.0. The number of hydrogen-bond acceptors (Lipinski definition) is 3. The van der Waals surface area contributed by atoms with Crippen LogP contribution in [0.3, 0.4) is 0 Å². The second kappa shape index (κ2) is 8.39. The average molecular weight is 344 g/mol. The molecule has 0 spiro atoms. The Morgan fingerprint density at radius 3 is 2.56 bits per heavy atom. The van der Waals surface area contributed by atoms with Gasteiger partial charge in [0, 0.05) is 12.1 Å². The molecule has 25 heavy (non-hydrogen) atoms. The zero-order chi connectivity index (χ0) is 18.4. The van der Waals surface area contributed by atoms with Crippen LogP contribution in [0.15, 0.2) is 42.5 Å². The van der Waals surface area contributed by atoms with Crippen LogP contribution in [0.25, 0.3) is 11.1 Å². The molecule has 0 aromatic heterocycles. The lowest BCUT2D eigenvalue weighted by Crippen LogP contribution is -2.28. The van der Waals surface area contributed by atoms with Crippen LogP contribution >= 0.6 is 0 Å². The van der Waals surface area contributed by atoms with Crippen molar-refractivity contribution in [2.45, 2.75) is 20.0 Å². The fourth-order valence-electron chi connectivity index (χ4n) is 2.29. The standard InChI is InChI=1S/C19H21FN2O3/c1-12(2)25-9-8-22-19(24)15-5-3-4-13(10-15)14-6-7-17(20)16(11-14)18(21)23/h3-7,10-12H,8-9H2,1-2H3,(H2,21,23)(H,22,24). The van der Waals surface area contributed by atoms with Gasteiger partial charge >= 0.3 is 0 Å². The van der Waals surface area contributed by atoms with Gasteiger partial charge in [0.25, 0.3) is 11.8 Å². The maximum Gasteiger partial charge on any atom is 0.251 e. The first-order valence-electron chi connectivity index (χ1n) is 7.98. The molecule has 0 aliphatic heterocycles. The average Bonchev–Trinajstić information content (AvgIpc) is 2.58. The molecule has 3 N–H and O–H groups in total. The van der Waals surface area contributed by atoms with Gasteiger partial charge in [-0.05, 0) is 49.2 Å². The molecule has 0 unspecified atom stereocenters. The number of nitrogens with one attached hydrogen (secondary N) is 1. The van der Waals surface area contributed by atoms with E-state index in [0.717, 1.165) is 0 Å². The van der Waals surface area contributed by atoms with Gasteiger partial charge in [-0.15, -0.1) is 0 Å². The number of carbonyl (C=O) groups excluding carboxylic acids is 2. The van der Waals surface area contributed by atoms with E-state index in [1.807, 2.05) is 13.8 Å². The number of nitrogens with two attached hydrogens (primary N) is 1. The lowest BCUT2D eigenvalue weighted by molar-refractivity contribution is 0.0746. The number of amides is 2. The molecule has 0 atom stereocenters. The summed E-state index contributed by atoms with van der Waals surface area (Å²) in [5.41, 5.74) is 6.75. The van der Waals surface area contributed by atoms with Gasteiger partial charge in [-0.1, -0.05) is 18.2 Å². The van der Waals surface area contributed by atoms with Gasteiger partial charge in [0.05, 0.1) is 18.3 Å². The fraction of sp³-hybridized carbons (Fsp3) is 0.263. The largest absolute Gasteiger partial charge is 0.377 e. The third-order valence-corrected chi connectivity index (χ3v) is 3.53. The Morgan fingerprint density at radius 2 is 1.88 bits per heavy atom. The summed E-state index contributed by atoms with van der Waals surface area (Å²) in [4.78, 5) is 23.5. The first-order valence-corrected chi connectivity index (χ1v) is 7.98. The highest BCUT2D eigenvalue weighted by Crippen LogP contribution is 2.23. The maximum absolute atomic E-state index is 13.6. The number of benzene rings is 2. The summed E-state index contributed by atoms with van der Waals surface area (Å²) in [7, 11) is 0. The van der Waals surface area contributed by atoms with Crippen molar-refractivity contribution in [2.24, 2.45) is 5.73 Å². The van der Waals surface area contributed by atoms with E-state index in [1.54, 1.807) is 24.3 Å². The van der Waals surface area contributed by atoms with Crippen molar-refractivity contribution >= 4 is 11.8 Å². The Hall–Kier alpha value is -2.73. The van der Waals surface area contributed by atoms with E-state index in [-0.39, 0.29) is 17.6 Å². The molecule has 0 radical (unpaired) electrons. The number of rotatable bonds is 7. The number of halogens is 1. The van der Waals surface area contributed by atoms with E-state index in [0.29, 0.717) is 29.8 Å². The van der Waals surface area contributed by atoms with Crippen molar-refractivity contribution in [1.82, 2.24) is 5.32 Å². The maximum atomic E-state index is 13.6. The molecule has 2 amide bonds. The van der Waals surface area contributed by atoms with E-state index in [1.165, 1.54) is 18.2 Å². The molecule has 2 aromatic rings. The first kappa shape index (κ1) is 18.6. The number of carbonyl (C=O) groups is 2. The SMILES string of the molecule is CC(C)OCCNC(=O)c1cccc(-c2ccc(F)c(C(N)=O)c2)c1. The molecular weight excluding hydrogens is 323 g/mol. The van der Waals surface area contributed by atoms with E-state index >= 15 is 0 Å². The van der Waals surface area contributed by atoms with Crippen molar-refractivity contribution < 1.29 is 18.7 Å². The fourth-order valence-corrected chi connectivity index (χ4v) is 2.29. The lowest BCUT2D eigenvalue weighted by Gasteiger charge is -2.10. The smallest absolute Gasteiger partial charge is 0.251 e. The molecule has 0 fully saturated rings. The summed E-state index contributed by atoms with van der Waals surface area (Å²) in [5.74, 6) is -1.74. The van der Waals surface area contributed by atoms with Crippen molar-refractivity contribution in [3.63, 3.8) is 0 Å². The third kappa shape index (κ3) is 5.12. The molecule has 2 rings (SSSR count). The number of hydrogen-bond donors (Lipinski definition) is 2. The normalized spacial score (nSPS) is 10.7. The summed E-state index contributed by atoms with van der Waals surface area (Å²) in [6.45, 7) is 4.69. The topological polar surface area (TPSA) is 81.4 Å². The molecule has 0 aliphatic rings. The van der Waals surface area contributed by atoms with Crippen LogP contribution in [0.1, 0.15) is 34.6 Å². The van der Waals surface area contributed by atoms with Crippen LogP contribution in [0.4, 0.5) is 4.39 Å². The Morgan fingerprint density at radius 1 is 1.16 bits per heavy atom. The quantitative estimate of drug-likeness (QED) is 0.758. The van der Waals surface area contributed by atoms with Gasteiger partial charge in [-0.2, -0.15) is 0 Å². The van der Waals surface area contributed by atoms with Gasteiger partial charge in [0.1, 0.15) is 5.82 Å². The van der Waals surface area contributed by atoms with Crippen molar-refractivity contribution in [2.75, 3.05) is 13.2 Å². The van der Waals surface area contributed by atoms with Crippen molar-refractivity contribution in [1.29, 1.82) is 0 Å². The van der Waals surface area contributed by atoms with Crippen LogP contribution in [-0.2, 0) is 4.74 Å². The van der Waals surface area contributed by atoms with Crippen LogP contribution in [0.2, 0.25) is 0 Å². The van der Waals surface area contributed by atoms with Crippen LogP contribution < -0.4 is 11.1 Å². The zero-order valence-electron chi connectivity index (χ0n) is 14.2. The van der Waals surface area contributed by atoms with Gasteiger partial charge in [-0.25, -0.2) is 4.39 Å². The monoisotopic (exact) mass is 344 g/mol. The van der Waals surface area contributed by atoms with Crippen molar-refractivity contribution in [3.8, 4) is 11.1 Å². The summed E-state index contributed by atoms with van der Waals surface area (Å²) >= 11 is 0. The van der Waals surface area contributed by atoms with E-state index < -0.39 is 11.7 Å². The van der Waals surface area contributed by atoms with Gasteiger partial charge in [0.2, 0.25) is 0 Å². The van der Waals surface area contributed by atoms with Gasteiger partial charge in [0.15, 0.2) is 0 Å². The van der Waals surface area contributed by atoms with Crippen LogP contribution in [-0.4, -0.2) is 31.1 Å². The summed E-state index contributed by atoms with van der Waals surface area (Å²) in [5, 5.41) is 2.77. The Labute approximate surface area is 146 Å². The zero-order valence-corrected chi connectivity index (χ0v) is 14.2. The molecule has 6 heteroatoms. The van der Waals surface area contributed by atoms with E-state index in [4.69, 9.17) is 10.5 Å². The molecule has 5 nitrogen and oxygen atoms in total. The van der Waals surface area contributed by atoms with Gasteiger partial charge in [-0.3, -0.25) is 9.59 Å². The molecular formula is C19H21FN2O3. The third-order valence-electron chi connectivity index (χ3n) is 3.53. The Balaban J connectivity index is 2.14. The molecule has 2 aromatic carbocycles. The summed E-state index contributed by atoms with van der Waals surface area (Å²) < 4.78 is 19.0. The summed E-state index contributed by atoms with van der Waals surface area (Å²) in [6.07, 6.45) is 0.109. The molecule has 0 saturated heterocycles. The van der Waals surface area contributed by atoms with E-state index in [2.05, 4.69) is 5.32 Å². The second-order valence-corrected chi connectivity index (χ2v) is 5.82. The second-order valence-electron chi connectivity index (χ2n) is 5.82. The molecule has 0 bridgehead atoms. The highest BCUT2D eigenvalue weighted by molar-refractivity contribution is 5.96. The van der Waals surface area contributed by atoms with Crippen LogP contribution in [0.5, 0.6) is 0 Å². The number of ether oxygens (including phenoxy) is 1. The molecule has 0 heterocycles. The molecule has 0 saturated carbocycles. The van der Waals surface area contributed by atoms with Gasteiger partial charge < -0.3 is 15.8 Å². The minimum Gasteiger partial charge on any atom is -0.377 e. The molecule has 0 aliphatic carbocycles. The predicted molar refractivity (Wildman–Crippen MR) is 93.8 cm³/mol. The van der Waals surface area contributed by atoms with Crippen molar-refractivity contribution in [3.05, 3.63) is 59.4 Å². The van der Waals surface area contributed by atoms with E-state index in [9.17, 15) is 14.0 Å². The minimum absolute atomic E-state index is 0.109. The first-order chi connectivity index (χ1) is 11.9. The number of primary amides is 1. The minimum atomic E-state index is -0.835. The van der Waals surface area contributed by atoms with Crippen LogP contribution in [0, 0.1) is 5.82 Å². The highest BCUT2D eigenvalue weighted by Gasteiger charge is 2.11.